The van der Waals surface area contributed by atoms with E-state index in [1.807, 2.05) is 0 Å². The summed E-state index contributed by atoms with van der Waals surface area (Å²) < 4.78 is 23.8. The zero-order valence-corrected chi connectivity index (χ0v) is 13.2. The van der Waals surface area contributed by atoms with Gasteiger partial charge in [-0.05, 0) is 37.1 Å². The van der Waals surface area contributed by atoms with E-state index in [0.717, 1.165) is 38.2 Å². The van der Waals surface area contributed by atoms with Gasteiger partial charge in [0.1, 0.15) is 5.82 Å². The van der Waals surface area contributed by atoms with Crippen molar-refractivity contribution in [1.82, 2.24) is 4.90 Å². The summed E-state index contributed by atoms with van der Waals surface area (Å²) in [6.07, 6.45) is 1.86. The van der Waals surface area contributed by atoms with Crippen molar-refractivity contribution in [3.05, 3.63) is 30.1 Å². The Bertz CT molecular complexity index is 509. The molecule has 5 nitrogen and oxygen atoms in total. The maximum absolute atomic E-state index is 13.0. The second-order valence-corrected chi connectivity index (χ2v) is 6.11. The van der Waals surface area contributed by atoms with Crippen LogP contribution in [0.2, 0.25) is 0 Å². The fraction of sp³-hybridized carbons (Fsp3) is 0.588. The van der Waals surface area contributed by atoms with Crippen LogP contribution in [0.3, 0.4) is 0 Å². The molecule has 0 saturated carbocycles. The average Bonchev–Trinajstić information content (AvgIpc) is 2.61. The molecule has 3 rings (SSSR count). The van der Waals surface area contributed by atoms with Crippen LogP contribution >= 0.6 is 0 Å². The molecular weight excluding hydrogens is 299 g/mol. The number of nitrogens with zero attached hydrogens (tertiary/aromatic N) is 2. The van der Waals surface area contributed by atoms with E-state index in [-0.39, 0.29) is 11.9 Å². The normalized spacial score (nSPS) is 22.0. The number of hydrogen-bond donors (Lipinski definition) is 0. The Morgan fingerprint density at radius 1 is 1.22 bits per heavy atom. The first-order chi connectivity index (χ1) is 11.2. The Kier molecular flexibility index (Phi) is 5.33. The maximum Gasteiger partial charge on any atom is 0.409 e. The predicted molar refractivity (Wildman–Crippen MR) is 85.1 cm³/mol. The molecule has 6 heteroatoms. The van der Waals surface area contributed by atoms with Gasteiger partial charge >= 0.3 is 6.09 Å². The predicted octanol–water partition coefficient (Wildman–Crippen LogP) is 2.51. The smallest absolute Gasteiger partial charge is 0.409 e. The molecule has 2 fully saturated rings. The number of carbonyl (C=O) groups excluding carboxylic acids is 1. The van der Waals surface area contributed by atoms with Crippen molar-refractivity contribution in [2.45, 2.75) is 12.8 Å². The topological polar surface area (TPSA) is 42.0 Å². The molecule has 0 aliphatic carbocycles. The van der Waals surface area contributed by atoms with Gasteiger partial charge in [-0.25, -0.2) is 9.18 Å². The van der Waals surface area contributed by atoms with Gasteiger partial charge in [0.15, 0.2) is 0 Å². The zero-order chi connectivity index (χ0) is 16.1. The third-order valence-electron chi connectivity index (χ3n) is 4.43. The summed E-state index contributed by atoms with van der Waals surface area (Å²) in [7, 11) is 0. The number of halogens is 1. The Morgan fingerprint density at radius 2 is 1.96 bits per heavy atom. The van der Waals surface area contributed by atoms with Crippen molar-refractivity contribution in [1.29, 1.82) is 0 Å². The van der Waals surface area contributed by atoms with E-state index in [2.05, 4.69) is 4.90 Å². The van der Waals surface area contributed by atoms with E-state index in [4.69, 9.17) is 9.47 Å². The molecule has 1 aromatic carbocycles. The quantitative estimate of drug-likeness (QED) is 0.857. The van der Waals surface area contributed by atoms with Gasteiger partial charge in [0.25, 0.3) is 0 Å². The molecule has 1 atom stereocenters. The highest BCUT2D eigenvalue weighted by molar-refractivity contribution is 5.68. The van der Waals surface area contributed by atoms with Crippen LogP contribution in [0.5, 0.6) is 0 Å². The number of ether oxygens (including phenoxy) is 2. The fourth-order valence-corrected chi connectivity index (χ4v) is 3.02. The number of piperazine rings is 1. The molecule has 0 spiro atoms. The first kappa shape index (κ1) is 16.1. The number of amides is 1. The summed E-state index contributed by atoms with van der Waals surface area (Å²) in [4.78, 5) is 16.0. The highest BCUT2D eigenvalue weighted by Crippen LogP contribution is 2.18. The number of carbonyl (C=O) groups is 1. The van der Waals surface area contributed by atoms with E-state index in [0.29, 0.717) is 32.2 Å². The standard InChI is InChI=1S/C17H23FN2O3/c18-15-3-5-16(6-4-15)19-7-9-20(10-8-19)17(21)23-13-14-2-1-11-22-12-14/h3-6,14H,1-2,7-13H2. The van der Waals surface area contributed by atoms with Crippen molar-refractivity contribution < 1.29 is 18.7 Å². The van der Waals surface area contributed by atoms with Crippen LogP contribution in [0.15, 0.2) is 24.3 Å². The van der Waals surface area contributed by atoms with Gasteiger partial charge in [-0.2, -0.15) is 0 Å². The average molecular weight is 322 g/mol. The van der Waals surface area contributed by atoms with Crippen LogP contribution in [-0.2, 0) is 9.47 Å². The van der Waals surface area contributed by atoms with Crippen LogP contribution in [0.1, 0.15) is 12.8 Å². The summed E-state index contributed by atoms with van der Waals surface area (Å²) in [6.45, 7) is 4.65. The lowest BCUT2D eigenvalue weighted by atomic mass is 10.0. The molecule has 2 aliphatic heterocycles. The van der Waals surface area contributed by atoms with Gasteiger partial charge in [0, 0.05) is 44.4 Å². The van der Waals surface area contributed by atoms with Crippen LogP contribution in [0.4, 0.5) is 14.9 Å². The van der Waals surface area contributed by atoms with E-state index < -0.39 is 0 Å². The van der Waals surface area contributed by atoms with Crippen molar-refractivity contribution in [2.75, 3.05) is 50.9 Å². The van der Waals surface area contributed by atoms with Crippen LogP contribution in [0, 0.1) is 11.7 Å². The molecule has 0 aromatic heterocycles. The fourth-order valence-electron chi connectivity index (χ4n) is 3.02. The molecule has 0 N–H and O–H groups in total. The number of hydrogen-bond acceptors (Lipinski definition) is 4. The summed E-state index contributed by atoms with van der Waals surface area (Å²) in [6, 6.07) is 6.46. The summed E-state index contributed by atoms with van der Waals surface area (Å²) in [5, 5.41) is 0. The maximum atomic E-state index is 13.0. The monoisotopic (exact) mass is 322 g/mol. The molecule has 23 heavy (non-hydrogen) atoms. The molecular formula is C17H23FN2O3. The molecule has 2 heterocycles. The van der Waals surface area contributed by atoms with E-state index in [1.54, 1.807) is 17.0 Å². The first-order valence-corrected chi connectivity index (χ1v) is 8.22. The van der Waals surface area contributed by atoms with Gasteiger partial charge in [0.2, 0.25) is 0 Å². The lowest BCUT2D eigenvalue weighted by molar-refractivity contribution is 0.0157. The highest BCUT2D eigenvalue weighted by Gasteiger charge is 2.24. The number of benzene rings is 1. The van der Waals surface area contributed by atoms with Crippen molar-refractivity contribution in [2.24, 2.45) is 5.92 Å². The van der Waals surface area contributed by atoms with Crippen LogP contribution in [-0.4, -0.2) is 57.0 Å². The Morgan fingerprint density at radius 3 is 2.61 bits per heavy atom. The minimum absolute atomic E-state index is 0.234. The van der Waals surface area contributed by atoms with Crippen LogP contribution in [0.25, 0.3) is 0 Å². The molecule has 1 unspecified atom stereocenters. The first-order valence-electron chi connectivity index (χ1n) is 8.22. The van der Waals surface area contributed by atoms with Gasteiger partial charge in [-0.3, -0.25) is 0 Å². The molecule has 126 valence electrons. The minimum atomic E-state index is -0.241. The Hall–Kier alpha value is -1.82. The summed E-state index contributed by atoms with van der Waals surface area (Å²) in [5.41, 5.74) is 0.985. The Labute approximate surface area is 136 Å². The van der Waals surface area contributed by atoms with Gasteiger partial charge < -0.3 is 19.3 Å². The van der Waals surface area contributed by atoms with Crippen molar-refractivity contribution >= 4 is 11.8 Å². The van der Waals surface area contributed by atoms with Crippen molar-refractivity contribution in [3.63, 3.8) is 0 Å². The molecule has 2 aliphatic rings. The molecule has 0 radical (unpaired) electrons. The van der Waals surface area contributed by atoms with Gasteiger partial charge in [-0.15, -0.1) is 0 Å². The molecule has 0 bridgehead atoms. The SMILES string of the molecule is O=C(OCC1CCCOC1)N1CCN(c2ccc(F)cc2)CC1. The summed E-state index contributed by atoms with van der Waals surface area (Å²) in [5.74, 6) is 0.0934. The minimum Gasteiger partial charge on any atom is -0.449 e. The van der Waals surface area contributed by atoms with E-state index in [9.17, 15) is 9.18 Å². The number of rotatable bonds is 3. The summed E-state index contributed by atoms with van der Waals surface area (Å²) >= 11 is 0. The number of anilines is 1. The molecule has 2 saturated heterocycles. The highest BCUT2D eigenvalue weighted by atomic mass is 19.1. The van der Waals surface area contributed by atoms with Crippen LogP contribution < -0.4 is 4.90 Å². The third-order valence-corrected chi connectivity index (χ3v) is 4.43. The third kappa shape index (κ3) is 4.34. The van der Waals surface area contributed by atoms with E-state index >= 15 is 0 Å². The Balaban J connectivity index is 1.42. The molecule has 1 amide bonds. The largest absolute Gasteiger partial charge is 0.449 e. The lowest BCUT2D eigenvalue weighted by Gasteiger charge is -2.35. The zero-order valence-electron chi connectivity index (χ0n) is 13.2. The lowest BCUT2D eigenvalue weighted by Crippen LogP contribution is -2.49. The van der Waals surface area contributed by atoms with Crippen molar-refractivity contribution in [3.8, 4) is 0 Å². The van der Waals surface area contributed by atoms with E-state index in [1.165, 1.54) is 12.1 Å². The molecule has 1 aromatic rings. The second-order valence-electron chi connectivity index (χ2n) is 6.11. The second kappa shape index (κ2) is 7.64. The van der Waals surface area contributed by atoms with Gasteiger partial charge in [0.05, 0.1) is 13.2 Å². The van der Waals surface area contributed by atoms with Gasteiger partial charge in [-0.1, -0.05) is 0 Å².